The van der Waals surface area contributed by atoms with Gasteiger partial charge in [0.25, 0.3) is 0 Å². The highest BCUT2D eigenvalue weighted by Crippen LogP contribution is 2.24. The van der Waals surface area contributed by atoms with Crippen molar-refractivity contribution in [2.75, 3.05) is 62.2 Å². The van der Waals surface area contributed by atoms with Crippen molar-refractivity contribution in [2.45, 2.75) is 12.8 Å². The predicted octanol–water partition coefficient (Wildman–Crippen LogP) is 2.86. The van der Waals surface area contributed by atoms with Crippen LogP contribution in [0.1, 0.15) is 12.8 Å². The molecular weight excluding hydrogens is 419 g/mol. The summed E-state index contributed by atoms with van der Waals surface area (Å²) in [4.78, 5) is 27.4. The Bertz CT molecular complexity index is 1050. The number of imidazole rings is 1. The molecule has 0 unspecified atom stereocenters. The first-order valence-electron chi connectivity index (χ1n) is 11.9. The van der Waals surface area contributed by atoms with Gasteiger partial charge in [0.2, 0.25) is 11.9 Å². The summed E-state index contributed by atoms with van der Waals surface area (Å²) in [5.74, 6) is 0.946. The molecular formula is C25H31FN6O. The van der Waals surface area contributed by atoms with Crippen LogP contribution in [0.2, 0.25) is 0 Å². The van der Waals surface area contributed by atoms with E-state index in [1.807, 2.05) is 36.4 Å². The van der Waals surface area contributed by atoms with E-state index in [1.54, 1.807) is 6.07 Å². The van der Waals surface area contributed by atoms with Gasteiger partial charge in [-0.25, -0.2) is 9.37 Å². The normalized spacial score (nSPS) is 18.1. The SMILES string of the molecule is O=C(NCCN1CCN(c2ccccc2F)CC1)C1CCN(c2nc3ccccc3[nH]2)CC1. The Balaban J connectivity index is 1.02. The highest BCUT2D eigenvalue weighted by molar-refractivity contribution is 5.79. The van der Waals surface area contributed by atoms with Gasteiger partial charge in [0, 0.05) is 58.3 Å². The van der Waals surface area contributed by atoms with Gasteiger partial charge in [0.05, 0.1) is 16.7 Å². The van der Waals surface area contributed by atoms with Crippen molar-refractivity contribution in [3.05, 3.63) is 54.3 Å². The van der Waals surface area contributed by atoms with E-state index in [4.69, 9.17) is 0 Å². The van der Waals surface area contributed by atoms with Gasteiger partial charge >= 0.3 is 0 Å². The van der Waals surface area contributed by atoms with E-state index in [2.05, 4.69) is 30.0 Å². The summed E-state index contributed by atoms with van der Waals surface area (Å²) in [6.45, 7) is 6.49. The molecule has 2 saturated heterocycles. The van der Waals surface area contributed by atoms with Crippen LogP contribution in [-0.4, -0.2) is 73.1 Å². The number of halogens is 1. The molecule has 5 rings (SSSR count). The predicted molar refractivity (Wildman–Crippen MR) is 129 cm³/mol. The second kappa shape index (κ2) is 9.79. The number of piperidine rings is 1. The fourth-order valence-electron chi connectivity index (χ4n) is 4.84. The minimum absolute atomic E-state index is 0.0588. The molecule has 0 atom stereocenters. The lowest BCUT2D eigenvalue weighted by molar-refractivity contribution is -0.125. The Morgan fingerprint density at radius 3 is 2.45 bits per heavy atom. The monoisotopic (exact) mass is 450 g/mol. The van der Waals surface area contributed by atoms with E-state index < -0.39 is 0 Å². The number of benzene rings is 2. The van der Waals surface area contributed by atoms with Crippen LogP contribution in [0.15, 0.2) is 48.5 Å². The average Bonchev–Trinajstić information content (AvgIpc) is 3.29. The van der Waals surface area contributed by atoms with Crippen molar-refractivity contribution in [1.82, 2.24) is 20.2 Å². The van der Waals surface area contributed by atoms with E-state index >= 15 is 0 Å². The van der Waals surface area contributed by atoms with E-state index in [-0.39, 0.29) is 17.6 Å². The van der Waals surface area contributed by atoms with Gasteiger partial charge in [0.15, 0.2) is 0 Å². The molecule has 174 valence electrons. The lowest BCUT2D eigenvalue weighted by Crippen LogP contribution is -2.49. The largest absolute Gasteiger partial charge is 0.367 e. The zero-order valence-corrected chi connectivity index (χ0v) is 18.8. The molecule has 2 aliphatic rings. The number of piperazine rings is 1. The molecule has 3 aromatic rings. The summed E-state index contributed by atoms with van der Waals surface area (Å²) in [5, 5.41) is 3.13. The van der Waals surface area contributed by atoms with Gasteiger partial charge < -0.3 is 20.1 Å². The maximum absolute atomic E-state index is 14.0. The first-order valence-corrected chi connectivity index (χ1v) is 11.9. The Morgan fingerprint density at radius 2 is 1.70 bits per heavy atom. The minimum Gasteiger partial charge on any atom is -0.367 e. The van der Waals surface area contributed by atoms with Gasteiger partial charge in [-0.3, -0.25) is 9.69 Å². The Morgan fingerprint density at radius 1 is 0.970 bits per heavy atom. The number of para-hydroxylation sites is 3. The Hall–Kier alpha value is -3.13. The first-order chi connectivity index (χ1) is 16.2. The van der Waals surface area contributed by atoms with Crippen molar-refractivity contribution in [3.63, 3.8) is 0 Å². The van der Waals surface area contributed by atoms with Crippen molar-refractivity contribution in [3.8, 4) is 0 Å². The van der Waals surface area contributed by atoms with Crippen molar-refractivity contribution >= 4 is 28.6 Å². The molecule has 2 N–H and O–H groups in total. The van der Waals surface area contributed by atoms with Crippen LogP contribution in [0.4, 0.5) is 16.0 Å². The number of fused-ring (bicyclic) bond motifs is 1. The zero-order chi connectivity index (χ0) is 22.6. The first kappa shape index (κ1) is 21.7. The number of aromatic nitrogens is 2. The molecule has 0 radical (unpaired) electrons. The van der Waals surface area contributed by atoms with Crippen molar-refractivity contribution < 1.29 is 9.18 Å². The molecule has 0 spiro atoms. The number of aromatic amines is 1. The molecule has 0 bridgehead atoms. The average molecular weight is 451 g/mol. The lowest BCUT2D eigenvalue weighted by atomic mass is 9.96. The number of carbonyl (C=O) groups is 1. The summed E-state index contributed by atoms with van der Waals surface area (Å²) in [5.41, 5.74) is 2.70. The lowest BCUT2D eigenvalue weighted by Gasteiger charge is -2.36. The van der Waals surface area contributed by atoms with Crippen LogP contribution >= 0.6 is 0 Å². The molecule has 0 aliphatic carbocycles. The number of hydrogen-bond acceptors (Lipinski definition) is 5. The fraction of sp³-hybridized carbons (Fsp3) is 0.440. The fourth-order valence-corrected chi connectivity index (χ4v) is 4.84. The van der Waals surface area contributed by atoms with Crippen LogP contribution in [-0.2, 0) is 4.79 Å². The molecule has 2 fully saturated rings. The Kier molecular flexibility index (Phi) is 6.44. The van der Waals surface area contributed by atoms with Crippen LogP contribution < -0.4 is 15.1 Å². The Labute approximate surface area is 193 Å². The molecule has 8 heteroatoms. The van der Waals surface area contributed by atoms with Gasteiger partial charge in [-0.2, -0.15) is 0 Å². The summed E-state index contributed by atoms with van der Waals surface area (Å²) >= 11 is 0. The highest BCUT2D eigenvalue weighted by atomic mass is 19.1. The summed E-state index contributed by atoms with van der Waals surface area (Å²) in [6.07, 6.45) is 1.67. The number of carbonyl (C=O) groups excluding carboxylic acids is 1. The third kappa shape index (κ3) is 4.95. The van der Waals surface area contributed by atoms with Gasteiger partial charge in [-0.15, -0.1) is 0 Å². The van der Waals surface area contributed by atoms with Crippen molar-refractivity contribution in [1.29, 1.82) is 0 Å². The zero-order valence-electron chi connectivity index (χ0n) is 18.8. The molecule has 1 amide bonds. The number of hydrogen-bond donors (Lipinski definition) is 2. The minimum atomic E-state index is -0.162. The molecule has 1 aromatic heterocycles. The topological polar surface area (TPSA) is 67.5 Å². The van der Waals surface area contributed by atoms with Crippen LogP contribution in [0.5, 0.6) is 0 Å². The van der Waals surface area contributed by atoms with Gasteiger partial charge in [-0.1, -0.05) is 24.3 Å². The summed E-state index contributed by atoms with van der Waals surface area (Å²) < 4.78 is 14.0. The number of anilines is 2. The maximum Gasteiger partial charge on any atom is 0.223 e. The van der Waals surface area contributed by atoms with E-state index in [0.717, 1.165) is 75.6 Å². The molecule has 3 heterocycles. The second-order valence-electron chi connectivity index (χ2n) is 8.91. The van der Waals surface area contributed by atoms with E-state index in [9.17, 15) is 9.18 Å². The van der Waals surface area contributed by atoms with Crippen LogP contribution in [0, 0.1) is 11.7 Å². The summed E-state index contributed by atoms with van der Waals surface area (Å²) in [7, 11) is 0. The quantitative estimate of drug-likeness (QED) is 0.605. The number of nitrogens with one attached hydrogen (secondary N) is 2. The number of amides is 1. The molecule has 33 heavy (non-hydrogen) atoms. The van der Waals surface area contributed by atoms with Crippen LogP contribution in [0.25, 0.3) is 11.0 Å². The van der Waals surface area contributed by atoms with Gasteiger partial charge in [-0.05, 0) is 37.1 Å². The van der Waals surface area contributed by atoms with Gasteiger partial charge in [0.1, 0.15) is 5.82 Å². The number of H-pyrrole nitrogens is 1. The van der Waals surface area contributed by atoms with Crippen molar-refractivity contribution in [2.24, 2.45) is 5.92 Å². The molecule has 0 saturated carbocycles. The molecule has 2 aliphatic heterocycles. The third-order valence-electron chi connectivity index (χ3n) is 6.83. The smallest absolute Gasteiger partial charge is 0.223 e. The number of rotatable bonds is 6. The summed E-state index contributed by atoms with van der Waals surface area (Å²) in [6, 6.07) is 15.0. The van der Waals surface area contributed by atoms with E-state index in [0.29, 0.717) is 12.2 Å². The van der Waals surface area contributed by atoms with E-state index in [1.165, 1.54) is 6.07 Å². The molecule has 7 nitrogen and oxygen atoms in total. The molecule has 2 aromatic carbocycles. The number of nitrogens with zero attached hydrogens (tertiary/aromatic N) is 4. The van der Waals surface area contributed by atoms with Crippen LogP contribution in [0.3, 0.4) is 0 Å². The maximum atomic E-state index is 14.0. The third-order valence-corrected chi connectivity index (χ3v) is 6.83. The highest BCUT2D eigenvalue weighted by Gasteiger charge is 2.26. The second-order valence-corrected chi connectivity index (χ2v) is 8.91. The standard InChI is InChI=1S/C25H31FN6O/c26-20-5-1-4-8-23(20)31-17-15-30(16-18-31)14-11-27-24(33)19-9-12-32(13-10-19)25-28-21-6-2-3-7-22(21)29-25/h1-8,19H,9-18H2,(H,27,33)(H,28,29).